The van der Waals surface area contributed by atoms with E-state index in [0.29, 0.717) is 6.42 Å². The molecule has 1 aliphatic rings. The van der Waals surface area contributed by atoms with E-state index in [1.165, 1.54) is 4.31 Å². The molecule has 0 spiro atoms. The number of nitrogens with one attached hydrogen (secondary N) is 1. The summed E-state index contributed by atoms with van der Waals surface area (Å²) in [5.74, 6) is 0.00564. The summed E-state index contributed by atoms with van der Waals surface area (Å²) in [5.41, 5.74) is 0. The molecule has 0 unspecified atom stereocenters. The van der Waals surface area contributed by atoms with Crippen LogP contribution < -0.4 is 5.32 Å². The van der Waals surface area contributed by atoms with Crippen LogP contribution in [0, 0.1) is 0 Å². The van der Waals surface area contributed by atoms with Crippen LogP contribution in [0.5, 0.6) is 0 Å². The minimum atomic E-state index is -3.28. The predicted octanol–water partition coefficient (Wildman–Crippen LogP) is -0.564. The number of unbranched alkanes of at least 4 members (excludes halogenated alkanes) is 1. The Bertz CT molecular complexity index is 430. The summed E-state index contributed by atoms with van der Waals surface area (Å²) in [6.45, 7) is 3.93. The average Bonchev–Trinajstić information content (AvgIpc) is 2.28. The van der Waals surface area contributed by atoms with Crippen molar-refractivity contribution in [2.45, 2.75) is 19.8 Å². The van der Waals surface area contributed by atoms with Gasteiger partial charge in [-0.05, 0) is 25.9 Å². The van der Waals surface area contributed by atoms with E-state index in [4.69, 9.17) is 0 Å². The van der Waals surface area contributed by atoms with E-state index in [2.05, 4.69) is 5.32 Å². The Morgan fingerprint density at radius 3 is 2.33 bits per heavy atom. The minimum Gasteiger partial charge on any atom is -0.317 e. The Balaban J connectivity index is 2.36. The van der Waals surface area contributed by atoms with E-state index in [0.717, 1.165) is 19.5 Å². The van der Waals surface area contributed by atoms with Gasteiger partial charge >= 0.3 is 0 Å². The summed E-state index contributed by atoms with van der Waals surface area (Å²) < 4.78 is 47.6. The maximum Gasteiger partial charge on any atom is 0.214 e. The van der Waals surface area contributed by atoms with Gasteiger partial charge in [0.2, 0.25) is 10.0 Å². The van der Waals surface area contributed by atoms with Crippen LogP contribution in [0.3, 0.4) is 0 Å². The molecule has 108 valence electrons. The van der Waals surface area contributed by atoms with Gasteiger partial charge in [-0.25, -0.2) is 16.8 Å². The lowest BCUT2D eigenvalue weighted by molar-refractivity contribution is 0.429. The number of sulfone groups is 1. The van der Waals surface area contributed by atoms with Gasteiger partial charge in [-0.1, -0.05) is 6.92 Å². The lowest BCUT2D eigenvalue weighted by Gasteiger charge is -2.25. The number of rotatable bonds is 7. The summed E-state index contributed by atoms with van der Waals surface area (Å²) in [7, 11) is -6.30. The molecular formula is C10H22N2O4S2. The smallest absolute Gasteiger partial charge is 0.214 e. The van der Waals surface area contributed by atoms with Crippen molar-refractivity contribution in [2.75, 3.05) is 43.4 Å². The Morgan fingerprint density at radius 2 is 1.78 bits per heavy atom. The number of hydrogen-bond donors (Lipinski definition) is 1. The van der Waals surface area contributed by atoms with Crippen LogP contribution in [-0.2, 0) is 19.9 Å². The molecule has 0 aromatic rings. The molecule has 1 fully saturated rings. The van der Waals surface area contributed by atoms with Crippen molar-refractivity contribution in [3.63, 3.8) is 0 Å². The van der Waals surface area contributed by atoms with Crippen LogP contribution >= 0.6 is 0 Å². The second kappa shape index (κ2) is 6.83. The summed E-state index contributed by atoms with van der Waals surface area (Å²) >= 11 is 0. The van der Waals surface area contributed by atoms with E-state index in [-0.39, 0.29) is 30.3 Å². The molecule has 6 nitrogen and oxygen atoms in total. The third kappa shape index (κ3) is 5.21. The van der Waals surface area contributed by atoms with Crippen molar-refractivity contribution in [3.8, 4) is 0 Å². The fourth-order valence-corrected chi connectivity index (χ4v) is 4.81. The normalized spacial score (nSPS) is 20.9. The Hall–Kier alpha value is -0.180. The van der Waals surface area contributed by atoms with Gasteiger partial charge in [0, 0.05) is 13.1 Å². The topological polar surface area (TPSA) is 83.6 Å². The van der Waals surface area contributed by atoms with Crippen LogP contribution in [0.2, 0.25) is 0 Å². The third-order valence-corrected chi connectivity index (χ3v) is 6.52. The van der Waals surface area contributed by atoms with Crippen LogP contribution in [0.25, 0.3) is 0 Å². The fourth-order valence-electron chi connectivity index (χ4n) is 1.81. The largest absolute Gasteiger partial charge is 0.317 e. The lowest BCUT2D eigenvalue weighted by atomic mass is 10.3. The van der Waals surface area contributed by atoms with Crippen molar-refractivity contribution >= 4 is 19.9 Å². The molecule has 0 radical (unpaired) electrons. The molecule has 0 aliphatic carbocycles. The third-order valence-electron chi connectivity index (χ3n) is 2.95. The van der Waals surface area contributed by atoms with Gasteiger partial charge in [0.15, 0.2) is 9.84 Å². The molecule has 1 N–H and O–H groups in total. The molecule has 1 saturated heterocycles. The first-order valence-corrected chi connectivity index (χ1v) is 9.69. The first-order valence-electron chi connectivity index (χ1n) is 6.26. The molecule has 1 heterocycles. The Kier molecular flexibility index (Phi) is 6.03. The molecule has 18 heavy (non-hydrogen) atoms. The molecule has 0 aromatic heterocycles. The van der Waals surface area contributed by atoms with Gasteiger partial charge < -0.3 is 5.32 Å². The van der Waals surface area contributed by atoms with E-state index >= 15 is 0 Å². The number of nitrogens with zero attached hydrogens (tertiary/aromatic N) is 1. The SMILES string of the molecule is CCNCCCCS(=O)(=O)N1CCS(=O)(=O)CC1. The molecule has 0 amide bonds. The zero-order chi connectivity index (χ0) is 13.6. The van der Waals surface area contributed by atoms with E-state index in [1.54, 1.807) is 0 Å². The summed E-state index contributed by atoms with van der Waals surface area (Å²) in [4.78, 5) is 0. The van der Waals surface area contributed by atoms with Gasteiger partial charge in [0.1, 0.15) is 0 Å². The van der Waals surface area contributed by atoms with E-state index < -0.39 is 19.9 Å². The quantitative estimate of drug-likeness (QED) is 0.637. The highest BCUT2D eigenvalue weighted by Crippen LogP contribution is 2.10. The molecule has 1 rings (SSSR count). The zero-order valence-electron chi connectivity index (χ0n) is 10.8. The molecule has 1 aliphatic heterocycles. The summed E-state index contributed by atoms with van der Waals surface area (Å²) in [5, 5.41) is 3.14. The van der Waals surface area contributed by atoms with Gasteiger partial charge in [-0.2, -0.15) is 4.31 Å². The zero-order valence-corrected chi connectivity index (χ0v) is 12.4. The Morgan fingerprint density at radius 1 is 1.17 bits per heavy atom. The second-order valence-corrected chi connectivity index (χ2v) is 8.82. The maximum absolute atomic E-state index is 11.9. The van der Waals surface area contributed by atoms with Gasteiger partial charge in [0.05, 0.1) is 17.3 Å². The lowest BCUT2D eigenvalue weighted by Crippen LogP contribution is -2.44. The maximum atomic E-state index is 11.9. The second-order valence-electron chi connectivity index (χ2n) is 4.43. The van der Waals surface area contributed by atoms with Crippen LogP contribution in [0.15, 0.2) is 0 Å². The van der Waals surface area contributed by atoms with Crippen molar-refractivity contribution in [3.05, 3.63) is 0 Å². The molecule has 8 heteroatoms. The molecule has 0 bridgehead atoms. The van der Waals surface area contributed by atoms with Gasteiger partial charge in [0.25, 0.3) is 0 Å². The van der Waals surface area contributed by atoms with Crippen LogP contribution in [-0.4, -0.2) is 64.6 Å². The molecular weight excluding hydrogens is 276 g/mol. The highest BCUT2D eigenvalue weighted by Gasteiger charge is 2.29. The molecule has 0 atom stereocenters. The van der Waals surface area contributed by atoms with Crippen molar-refractivity contribution in [2.24, 2.45) is 0 Å². The van der Waals surface area contributed by atoms with Crippen molar-refractivity contribution in [1.29, 1.82) is 0 Å². The first-order chi connectivity index (χ1) is 8.37. The number of sulfonamides is 1. The first kappa shape index (κ1) is 15.9. The van der Waals surface area contributed by atoms with Crippen LogP contribution in [0.1, 0.15) is 19.8 Å². The van der Waals surface area contributed by atoms with Crippen molar-refractivity contribution in [1.82, 2.24) is 9.62 Å². The average molecular weight is 298 g/mol. The highest BCUT2D eigenvalue weighted by molar-refractivity contribution is 7.92. The monoisotopic (exact) mass is 298 g/mol. The predicted molar refractivity (Wildman–Crippen MR) is 71.8 cm³/mol. The van der Waals surface area contributed by atoms with Crippen molar-refractivity contribution < 1.29 is 16.8 Å². The van der Waals surface area contributed by atoms with Gasteiger partial charge in [-0.15, -0.1) is 0 Å². The number of hydrogen-bond acceptors (Lipinski definition) is 5. The molecule has 0 saturated carbocycles. The van der Waals surface area contributed by atoms with E-state index in [1.807, 2.05) is 6.92 Å². The minimum absolute atomic E-state index is 0.0520. The highest BCUT2D eigenvalue weighted by atomic mass is 32.2. The van der Waals surface area contributed by atoms with E-state index in [9.17, 15) is 16.8 Å². The molecule has 0 aromatic carbocycles. The van der Waals surface area contributed by atoms with Crippen LogP contribution in [0.4, 0.5) is 0 Å². The standard InChI is InChI=1S/C10H22N2O4S2/c1-2-11-5-3-4-8-18(15,16)12-6-9-17(13,14)10-7-12/h11H,2-10H2,1H3. The summed E-state index contributed by atoms with van der Waals surface area (Å²) in [6, 6.07) is 0. The Labute approximate surface area is 110 Å². The van der Waals surface area contributed by atoms with Gasteiger partial charge in [-0.3, -0.25) is 0 Å². The fraction of sp³-hybridized carbons (Fsp3) is 1.00. The summed E-state index contributed by atoms with van der Waals surface area (Å²) in [6.07, 6.45) is 1.43.